The fourth-order valence-corrected chi connectivity index (χ4v) is 3.75. The second-order valence-electron chi connectivity index (χ2n) is 8.35. The topological polar surface area (TPSA) is 136 Å². The highest BCUT2D eigenvalue weighted by molar-refractivity contribution is 5.95. The highest BCUT2D eigenvalue weighted by Crippen LogP contribution is 2.27. The predicted octanol–water partition coefficient (Wildman–Crippen LogP) is 2.36. The van der Waals surface area contributed by atoms with Gasteiger partial charge in [0.15, 0.2) is 12.2 Å². The van der Waals surface area contributed by atoms with Crippen molar-refractivity contribution in [1.82, 2.24) is 0 Å². The first-order valence-electron chi connectivity index (χ1n) is 11.7. The Balaban J connectivity index is 1.65. The standard InChI is InChI=1S/C28H31NO7/c30-18-17-23(31)25(33)26(34)28(35)29-22-14-8-7-9-19(22)15-16-24(32)36-27(20-10-3-1-4-11-20)21-12-5-2-6-13-21/h1-14,23,25-27,30-31,33-34H,15-18H2,(H,29,35). The quantitative estimate of drug-likeness (QED) is 0.244. The van der Waals surface area contributed by atoms with Crippen molar-refractivity contribution in [3.63, 3.8) is 0 Å². The van der Waals surface area contributed by atoms with E-state index in [1.807, 2.05) is 60.7 Å². The molecule has 190 valence electrons. The first kappa shape index (κ1) is 27.0. The summed E-state index contributed by atoms with van der Waals surface area (Å²) in [7, 11) is 0. The molecule has 8 nitrogen and oxygen atoms in total. The average molecular weight is 494 g/mol. The van der Waals surface area contributed by atoms with Gasteiger partial charge < -0.3 is 30.5 Å². The van der Waals surface area contributed by atoms with Crippen LogP contribution >= 0.6 is 0 Å². The molecule has 3 aromatic rings. The zero-order valence-corrected chi connectivity index (χ0v) is 19.7. The second-order valence-corrected chi connectivity index (χ2v) is 8.35. The van der Waals surface area contributed by atoms with E-state index in [9.17, 15) is 24.9 Å². The second kappa shape index (κ2) is 13.5. The molecule has 0 aliphatic heterocycles. The van der Waals surface area contributed by atoms with Gasteiger partial charge in [-0.1, -0.05) is 78.9 Å². The Morgan fingerprint density at radius 3 is 1.94 bits per heavy atom. The first-order chi connectivity index (χ1) is 17.4. The molecule has 0 aliphatic carbocycles. The fraction of sp³-hybridized carbons (Fsp3) is 0.286. The number of carbonyl (C=O) groups excluding carboxylic acids is 2. The molecule has 0 radical (unpaired) electrons. The Kier molecular flexibility index (Phi) is 10.1. The average Bonchev–Trinajstić information content (AvgIpc) is 2.91. The molecule has 0 heterocycles. The Labute approximate surface area is 209 Å². The molecule has 3 unspecified atom stereocenters. The van der Waals surface area contributed by atoms with E-state index >= 15 is 0 Å². The number of esters is 1. The number of carbonyl (C=O) groups is 2. The SMILES string of the molecule is O=C(CCc1ccccc1NC(=O)C(O)C(O)C(O)CCO)OC(c1ccccc1)c1ccccc1. The van der Waals surface area contributed by atoms with Crippen LogP contribution in [0.25, 0.3) is 0 Å². The lowest BCUT2D eigenvalue weighted by atomic mass is 10.0. The molecule has 1 amide bonds. The maximum Gasteiger partial charge on any atom is 0.307 e. The van der Waals surface area contributed by atoms with Gasteiger partial charge in [-0.25, -0.2) is 0 Å². The van der Waals surface area contributed by atoms with Crippen molar-refractivity contribution in [3.05, 3.63) is 102 Å². The minimum absolute atomic E-state index is 0.0451. The Morgan fingerprint density at radius 2 is 1.36 bits per heavy atom. The maximum absolute atomic E-state index is 12.8. The van der Waals surface area contributed by atoms with Crippen molar-refractivity contribution in [2.45, 2.75) is 43.7 Å². The molecule has 3 atom stereocenters. The van der Waals surface area contributed by atoms with E-state index in [0.29, 0.717) is 11.3 Å². The third-order valence-corrected chi connectivity index (χ3v) is 5.74. The number of amides is 1. The van der Waals surface area contributed by atoms with Crippen LogP contribution < -0.4 is 5.32 Å². The van der Waals surface area contributed by atoms with Gasteiger partial charge in [0.25, 0.3) is 5.91 Å². The fourth-order valence-electron chi connectivity index (χ4n) is 3.75. The molecule has 0 saturated heterocycles. The minimum atomic E-state index is -1.90. The largest absolute Gasteiger partial charge is 0.453 e. The van der Waals surface area contributed by atoms with Gasteiger partial charge in [0.2, 0.25) is 0 Å². The van der Waals surface area contributed by atoms with E-state index in [1.165, 1.54) is 0 Å². The van der Waals surface area contributed by atoms with Gasteiger partial charge in [0.05, 0.1) is 6.10 Å². The van der Waals surface area contributed by atoms with Crippen molar-refractivity contribution in [2.75, 3.05) is 11.9 Å². The number of anilines is 1. The number of aliphatic hydroxyl groups is 4. The molecule has 36 heavy (non-hydrogen) atoms. The van der Waals surface area contributed by atoms with E-state index < -0.39 is 42.9 Å². The van der Waals surface area contributed by atoms with E-state index in [4.69, 9.17) is 9.84 Å². The summed E-state index contributed by atoms with van der Waals surface area (Å²) in [6.45, 7) is -0.402. The van der Waals surface area contributed by atoms with Crippen molar-refractivity contribution >= 4 is 17.6 Å². The third-order valence-electron chi connectivity index (χ3n) is 5.74. The summed E-state index contributed by atoms with van der Waals surface area (Å²) < 4.78 is 5.84. The Bertz CT molecular complexity index is 1070. The summed E-state index contributed by atoms with van der Waals surface area (Å²) in [5, 5.41) is 41.2. The number of hydrogen-bond acceptors (Lipinski definition) is 7. The normalized spacial score (nSPS) is 13.6. The molecule has 3 rings (SSSR count). The molecule has 3 aromatic carbocycles. The van der Waals surface area contributed by atoms with Crippen molar-refractivity contribution in [3.8, 4) is 0 Å². The van der Waals surface area contributed by atoms with Crippen LogP contribution in [0.3, 0.4) is 0 Å². The number of aryl methyl sites for hydroxylation is 1. The van der Waals surface area contributed by atoms with E-state index in [1.54, 1.807) is 24.3 Å². The van der Waals surface area contributed by atoms with Gasteiger partial charge in [-0.15, -0.1) is 0 Å². The maximum atomic E-state index is 12.8. The highest BCUT2D eigenvalue weighted by Gasteiger charge is 2.30. The molecular weight excluding hydrogens is 462 g/mol. The van der Waals surface area contributed by atoms with E-state index in [0.717, 1.165) is 11.1 Å². The van der Waals surface area contributed by atoms with Crippen LogP contribution in [0.1, 0.15) is 35.6 Å². The van der Waals surface area contributed by atoms with Gasteiger partial charge in [-0.05, 0) is 35.6 Å². The number of nitrogens with one attached hydrogen (secondary N) is 1. The van der Waals surface area contributed by atoms with Crippen LogP contribution in [-0.4, -0.2) is 57.2 Å². The molecule has 0 saturated carbocycles. The van der Waals surface area contributed by atoms with Crippen molar-refractivity contribution in [2.24, 2.45) is 0 Å². The van der Waals surface area contributed by atoms with Crippen molar-refractivity contribution in [1.29, 1.82) is 0 Å². The van der Waals surface area contributed by atoms with Crippen LogP contribution in [0.2, 0.25) is 0 Å². The predicted molar refractivity (Wildman–Crippen MR) is 134 cm³/mol. The van der Waals surface area contributed by atoms with Gasteiger partial charge in [0, 0.05) is 18.7 Å². The van der Waals surface area contributed by atoms with Crippen LogP contribution in [0, 0.1) is 0 Å². The highest BCUT2D eigenvalue weighted by atomic mass is 16.5. The molecule has 0 aromatic heterocycles. The third kappa shape index (κ3) is 7.47. The van der Waals surface area contributed by atoms with Crippen molar-refractivity contribution < 1.29 is 34.8 Å². The molecule has 8 heteroatoms. The van der Waals surface area contributed by atoms with Gasteiger partial charge >= 0.3 is 5.97 Å². The van der Waals surface area contributed by atoms with Gasteiger partial charge in [-0.3, -0.25) is 9.59 Å². The lowest BCUT2D eigenvalue weighted by Gasteiger charge is -2.22. The molecule has 0 fully saturated rings. The van der Waals surface area contributed by atoms with E-state index in [2.05, 4.69) is 5.32 Å². The van der Waals surface area contributed by atoms with Gasteiger partial charge in [0.1, 0.15) is 6.10 Å². The number of ether oxygens (including phenoxy) is 1. The summed E-state index contributed by atoms with van der Waals surface area (Å²) in [5.41, 5.74) is 2.69. The molecule has 0 spiro atoms. The molecule has 0 aliphatic rings. The van der Waals surface area contributed by atoms with Crippen LogP contribution in [-0.2, 0) is 20.7 Å². The lowest BCUT2D eigenvalue weighted by molar-refractivity contribution is -0.147. The molecular formula is C28H31NO7. The molecule has 0 bridgehead atoms. The monoisotopic (exact) mass is 493 g/mol. The lowest BCUT2D eigenvalue weighted by Crippen LogP contribution is -2.45. The smallest absolute Gasteiger partial charge is 0.307 e. The number of rotatable bonds is 12. The van der Waals surface area contributed by atoms with Crippen LogP contribution in [0.5, 0.6) is 0 Å². The van der Waals surface area contributed by atoms with Gasteiger partial charge in [-0.2, -0.15) is 0 Å². The molecule has 5 N–H and O–H groups in total. The number of aliphatic hydroxyl groups excluding tert-OH is 4. The number of hydrogen-bond donors (Lipinski definition) is 5. The summed E-state index contributed by atoms with van der Waals surface area (Å²) in [6, 6.07) is 25.7. The van der Waals surface area contributed by atoms with Crippen LogP contribution in [0.15, 0.2) is 84.9 Å². The summed E-state index contributed by atoms with van der Waals surface area (Å²) in [5.74, 6) is -1.33. The zero-order valence-electron chi connectivity index (χ0n) is 19.7. The summed E-state index contributed by atoms with van der Waals surface area (Å²) >= 11 is 0. The Hall–Kier alpha value is -3.56. The minimum Gasteiger partial charge on any atom is -0.453 e. The number of benzene rings is 3. The number of para-hydroxylation sites is 1. The summed E-state index contributed by atoms with van der Waals surface area (Å²) in [6.07, 6.45) is -5.55. The summed E-state index contributed by atoms with van der Waals surface area (Å²) in [4.78, 5) is 25.2. The Morgan fingerprint density at radius 1 is 0.806 bits per heavy atom. The van der Waals surface area contributed by atoms with E-state index in [-0.39, 0.29) is 19.3 Å². The zero-order chi connectivity index (χ0) is 25.9. The van der Waals surface area contributed by atoms with Crippen LogP contribution in [0.4, 0.5) is 5.69 Å². The first-order valence-corrected chi connectivity index (χ1v) is 11.7.